The van der Waals surface area contributed by atoms with Gasteiger partial charge in [-0.2, -0.15) is 5.26 Å². The lowest BCUT2D eigenvalue weighted by molar-refractivity contribution is 0.195. The first-order valence-electron chi connectivity index (χ1n) is 5.49. The lowest BCUT2D eigenvalue weighted by Crippen LogP contribution is -2.12. The summed E-state index contributed by atoms with van der Waals surface area (Å²) in [6, 6.07) is 9.56. The number of aliphatic hydroxyl groups excluding tert-OH is 1. The van der Waals surface area contributed by atoms with Crippen LogP contribution in [-0.2, 0) is 6.42 Å². The first kappa shape index (κ1) is 12.5. The molecule has 0 amide bonds. The summed E-state index contributed by atoms with van der Waals surface area (Å²) in [5, 5.41) is 18.0. The molecule has 1 aromatic carbocycles. The zero-order valence-electron chi connectivity index (χ0n) is 9.68. The van der Waals surface area contributed by atoms with E-state index in [2.05, 4.69) is 6.07 Å². The SMILES string of the molecule is CCC(C#N)Oc1ccc(CC(C)O)cc1. The Morgan fingerprint density at radius 2 is 2.00 bits per heavy atom. The highest BCUT2D eigenvalue weighted by atomic mass is 16.5. The van der Waals surface area contributed by atoms with Gasteiger partial charge in [-0.25, -0.2) is 0 Å². The molecule has 3 heteroatoms. The van der Waals surface area contributed by atoms with Gasteiger partial charge in [0, 0.05) is 0 Å². The van der Waals surface area contributed by atoms with Crippen molar-refractivity contribution in [2.45, 2.75) is 38.9 Å². The molecule has 0 aliphatic heterocycles. The molecular weight excluding hydrogens is 202 g/mol. The molecule has 0 saturated heterocycles. The molecule has 86 valence electrons. The molecule has 0 saturated carbocycles. The summed E-state index contributed by atoms with van der Waals surface area (Å²) >= 11 is 0. The van der Waals surface area contributed by atoms with Gasteiger partial charge in [0.15, 0.2) is 6.10 Å². The highest BCUT2D eigenvalue weighted by molar-refractivity contribution is 5.28. The molecule has 3 nitrogen and oxygen atoms in total. The molecule has 0 spiro atoms. The lowest BCUT2D eigenvalue weighted by Gasteiger charge is -2.11. The molecule has 0 fully saturated rings. The van der Waals surface area contributed by atoms with Gasteiger partial charge in [-0.15, -0.1) is 0 Å². The standard InChI is InChI=1S/C13H17NO2/c1-3-12(9-14)16-13-6-4-11(5-7-13)8-10(2)15/h4-7,10,12,15H,3,8H2,1-2H3. The summed E-state index contributed by atoms with van der Waals surface area (Å²) in [6.07, 6.45) is 0.582. The van der Waals surface area contributed by atoms with Crippen LogP contribution in [0.4, 0.5) is 0 Å². The van der Waals surface area contributed by atoms with E-state index in [9.17, 15) is 5.11 Å². The molecule has 0 radical (unpaired) electrons. The van der Waals surface area contributed by atoms with Crippen molar-refractivity contribution in [1.29, 1.82) is 5.26 Å². The molecule has 0 bridgehead atoms. The van der Waals surface area contributed by atoms with Crippen molar-refractivity contribution >= 4 is 0 Å². The molecule has 16 heavy (non-hydrogen) atoms. The van der Waals surface area contributed by atoms with Crippen LogP contribution in [0, 0.1) is 11.3 Å². The number of benzene rings is 1. The highest BCUT2D eigenvalue weighted by Gasteiger charge is 2.06. The smallest absolute Gasteiger partial charge is 0.184 e. The topological polar surface area (TPSA) is 53.2 Å². The molecule has 2 unspecified atom stereocenters. The number of rotatable bonds is 5. The Labute approximate surface area is 96.3 Å². The minimum absolute atomic E-state index is 0.339. The molecule has 0 aliphatic rings. The Kier molecular flexibility index (Phi) is 4.81. The predicted molar refractivity (Wildman–Crippen MR) is 62.1 cm³/mol. The summed E-state index contributed by atoms with van der Waals surface area (Å²) in [7, 11) is 0. The average Bonchev–Trinajstić information content (AvgIpc) is 2.27. The van der Waals surface area contributed by atoms with Crippen molar-refractivity contribution in [1.82, 2.24) is 0 Å². The summed E-state index contributed by atoms with van der Waals surface area (Å²) < 4.78 is 5.45. The van der Waals surface area contributed by atoms with E-state index in [1.54, 1.807) is 6.92 Å². The van der Waals surface area contributed by atoms with Crippen LogP contribution < -0.4 is 4.74 Å². The maximum Gasteiger partial charge on any atom is 0.184 e. The third kappa shape index (κ3) is 3.92. The van der Waals surface area contributed by atoms with E-state index in [-0.39, 0.29) is 12.2 Å². The largest absolute Gasteiger partial charge is 0.476 e. The molecule has 0 heterocycles. The molecule has 1 aromatic rings. The number of aliphatic hydroxyl groups is 1. The summed E-state index contributed by atoms with van der Waals surface area (Å²) in [4.78, 5) is 0. The number of nitriles is 1. The number of nitrogens with zero attached hydrogens (tertiary/aromatic N) is 1. The molecular formula is C13H17NO2. The second-order valence-corrected chi connectivity index (χ2v) is 3.84. The molecule has 1 N–H and O–H groups in total. The van der Waals surface area contributed by atoms with Crippen molar-refractivity contribution < 1.29 is 9.84 Å². The van der Waals surface area contributed by atoms with Crippen LogP contribution in [0.25, 0.3) is 0 Å². The maximum absolute atomic E-state index is 9.22. The van der Waals surface area contributed by atoms with Crippen molar-refractivity contribution in [2.24, 2.45) is 0 Å². The minimum atomic E-state index is -0.386. The fraction of sp³-hybridized carbons (Fsp3) is 0.462. The third-order valence-electron chi connectivity index (χ3n) is 2.25. The van der Waals surface area contributed by atoms with Crippen molar-refractivity contribution in [3.8, 4) is 11.8 Å². The first-order chi connectivity index (χ1) is 7.65. The van der Waals surface area contributed by atoms with Crippen molar-refractivity contribution in [3.05, 3.63) is 29.8 Å². The van der Waals surface area contributed by atoms with Gasteiger partial charge < -0.3 is 9.84 Å². The Morgan fingerprint density at radius 3 is 2.44 bits per heavy atom. The minimum Gasteiger partial charge on any atom is -0.476 e. The van der Waals surface area contributed by atoms with Gasteiger partial charge in [-0.3, -0.25) is 0 Å². The predicted octanol–water partition coefficient (Wildman–Crippen LogP) is 2.29. The van der Waals surface area contributed by atoms with Gasteiger partial charge in [0.05, 0.1) is 6.10 Å². The van der Waals surface area contributed by atoms with Gasteiger partial charge in [0.1, 0.15) is 11.8 Å². The Balaban J connectivity index is 2.61. The van der Waals surface area contributed by atoms with Crippen LogP contribution in [0.1, 0.15) is 25.8 Å². The maximum atomic E-state index is 9.22. The van der Waals surface area contributed by atoms with Gasteiger partial charge in [-0.05, 0) is 37.5 Å². The molecule has 0 aromatic heterocycles. The van der Waals surface area contributed by atoms with E-state index in [0.29, 0.717) is 18.6 Å². The lowest BCUT2D eigenvalue weighted by atomic mass is 10.1. The fourth-order valence-electron chi connectivity index (χ4n) is 1.41. The van der Waals surface area contributed by atoms with Crippen molar-refractivity contribution in [2.75, 3.05) is 0 Å². The van der Waals surface area contributed by atoms with E-state index < -0.39 is 0 Å². The Bertz CT molecular complexity index is 351. The summed E-state index contributed by atoms with van der Waals surface area (Å²) in [6.45, 7) is 3.67. The first-order valence-corrected chi connectivity index (χ1v) is 5.49. The van der Waals surface area contributed by atoms with Crippen LogP contribution >= 0.6 is 0 Å². The zero-order valence-corrected chi connectivity index (χ0v) is 9.68. The van der Waals surface area contributed by atoms with E-state index >= 15 is 0 Å². The van der Waals surface area contributed by atoms with Crippen molar-refractivity contribution in [3.63, 3.8) is 0 Å². The van der Waals surface area contributed by atoms with E-state index in [1.807, 2.05) is 31.2 Å². The fourth-order valence-corrected chi connectivity index (χ4v) is 1.41. The normalized spacial score (nSPS) is 13.9. The number of hydrogen-bond acceptors (Lipinski definition) is 3. The third-order valence-corrected chi connectivity index (χ3v) is 2.25. The second kappa shape index (κ2) is 6.14. The molecule has 0 aliphatic carbocycles. The van der Waals surface area contributed by atoms with Crippen LogP contribution in [0.15, 0.2) is 24.3 Å². The monoisotopic (exact) mass is 219 g/mol. The zero-order chi connectivity index (χ0) is 12.0. The highest BCUT2D eigenvalue weighted by Crippen LogP contribution is 2.15. The van der Waals surface area contributed by atoms with Crippen LogP contribution in [0.3, 0.4) is 0 Å². The Hall–Kier alpha value is -1.53. The van der Waals surface area contributed by atoms with E-state index in [0.717, 1.165) is 5.56 Å². The van der Waals surface area contributed by atoms with Gasteiger partial charge in [0.25, 0.3) is 0 Å². The number of hydrogen-bond donors (Lipinski definition) is 1. The second-order valence-electron chi connectivity index (χ2n) is 3.84. The van der Waals surface area contributed by atoms with Crippen LogP contribution in [0.2, 0.25) is 0 Å². The van der Waals surface area contributed by atoms with Gasteiger partial charge in [0.2, 0.25) is 0 Å². The van der Waals surface area contributed by atoms with Crippen LogP contribution in [-0.4, -0.2) is 17.3 Å². The van der Waals surface area contributed by atoms with Gasteiger partial charge in [-0.1, -0.05) is 19.1 Å². The van der Waals surface area contributed by atoms with Crippen LogP contribution in [0.5, 0.6) is 5.75 Å². The summed E-state index contributed by atoms with van der Waals surface area (Å²) in [5.41, 5.74) is 1.06. The van der Waals surface area contributed by atoms with E-state index in [1.165, 1.54) is 0 Å². The van der Waals surface area contributed by atoms with E-state index in [4.69, 9.17) is 10.00 Å². The molecule has 2 atom stereocenters. The quantitative estimate of drug-likeness (QED) is 0.826. The summed E-state index contributed by atoms with van der Waals surface area (Å²) in [5.74, 6) is 0.697. The van der Waals surface area contributed by atoms with Gasteiger partial charge >= 0.3 is 0 Å². The molecule has 1 rings (SSSR count). The average molecular weight is 219 g/mol. The number of ether oxygens (including phenoxy) is 1. The Morgan fingerprint density at radius 1 is 1.38 bits per heavy atom.